The van der Waals surface area contributed by atoms with Crippen LogP contribution >= 0.6 is 11.6 Å². The fourth-order valence-corrected chi connectivity index (χ4v) is 3.67. The summed E-state index contributed by atoms with van der Waals surface area (Å²) < 4.78 is 5.16. The maximum Gasteiger partial charge on any atom is 0.334 e. The van der Waals surface area contributed by atoms with Crippen molar-refractivity contribution in [2.75, 3.05) is 26.7 Å². The van der Waals surface area contributed by atoms with Crippen LogP contribution in [0.2, 0.25) is 5.02 Å². The van der Waals surface area contributed by atoms with Crippen molar-refractivity contribution in [1.82, 2.24) is 9.80 Å². The summed E-state index contributed by atoms with van der Waals surface area (Å²) in [7, 11) is 1.67. The number of carbonyl (C=O) groups is 3. The molecule has 0 aliphatic carbocycles. The zero-order valence-electron chi connectivity index (χ0n) is 13.7. The van der Waals surface area contributed by atoms with Gasteiger partial charge >= 0.3 is 5.97 Å². The quantitative estimate of drug-likeness (QED) is 0.867. The highest BCUT2D eigenvalue weighted by atomic mass is 35.5. The van der Waals surface area contributed by atoms with Gasteiger partial charge in [0.1, 0.15) is 0 Å². The molecule has 134 valence electrons. The van der Waals surface area contributed by atoms with Crippen molar-refractivity contribution >= 4 is 29.4 Å². The van der Waals surface area contributed by atoms with Gasteiger partial charge < -0.3 is 19.6 Å². The third-order valence-electron chi connectivity index (χ3n) is 4.75. The SMILES string of the molecule is CN1C(=O)C[C@H](C(=O)N2CCO[C@H](C(=O)O)C2)[C@H]1c1cccc(Cl)c1. The molecule has 1 aromatic rings. The highest BCUT2D eigenvalue weighted by molar-refractivity contribution is 6.30. The summed E-state index contributed by atoms with van der Waals surface area (Å²) in [6.45, 7) is 0.477. The van der Waals surface area contributed by atoms with Crippen LogP contribution in [0.3, 0.4) is 0 Å². The average molecular weight is 367 g/mol. The Morgan fingerprint density at radius 3 is 2.80 bits per heavy atom. The number of ether oxygens (including phenoxy) is 1. The lowest BCUT2D eigenvalue weighted by Gasteiger charge is -2.34. The molecule has 3 rings (SSSR count). The second-order valence-corrected chi connectivity index (χ2v) is 6.73. The minimum absolute atomic E-state index is 0.00909. The topological polar surface area (TPSA) is 87.2 Å². The second kappa shape index (κ2) is 7.01. The van der Waals surface area contributed by atoms with E-state index in [1.807, 2.05) is 6.07 Å². The van der Waals surface area contributed by atoms with Gasteiger partial charge in [0.05, 0.1) is 25.1 Å². The number of halogens is 1. The molecule has 2 amide bonds. The van der Waals surface area contributed by atoms with E-state index in [4.69, 9.17) is 21.4 Å². The van der Waals surface area contributed by atoms with Crippen LogP contribution in [-0.4, -0.2) is 65.5 Å². The number of morpholine rings is 1. The van der Waals surface area contributed by atoms with Gasteiger partial charge in [0.15, 0.2) is 6.10 Å². The van der Waals surface area contributed by atoms with Gasteiger partial charge in [0, 0.05) is 25.0 Å². The van der Waals surface area contributed by atoms with E-state index in [0.717, 1.165) is 5.56 Å². The van der Waals surface area contributed by atoms with Crippen LogP contribution in [0.5, 0.6) is 0 Å². The van der Waals surface area contributed by atoms with Gasteiger partial charge in [-0.2, -0.15) is 0 Å². The predicted molar refractivity (Wildman–Crippen MR) is 89.0 cm³/mol. The molecular weight excluding hydrogens is 348 g/mol. The molecule has 1 aromatic carbocycles. The van der Waals surface area contributed by atoms with E-state index in [2.05, 4.69) is 0 Å². The molecule has 3 atom stereocenters. The highest BCUT2D eigenvalue weighted by Crippen LogP contribution is 2.39. The van der Waals surface area contributed by atoms with Gasteiger partial charge in [-0.05, 0) is 17.7 Å². The number of carboxylic acids is 1. The zero-order valence-corrected chi connectivity index (χ0v) is 14.5. The molecule has 0 saturated carbocycles. The predicted octanol–water partition coefficient (Wildman–Crippen LogP) is 1.17. The summed E-state index contributed by atoms with van der Waals surface area (Å²) in [5.41, 5.74) is 0.794. The minimum atomic E-state index is -1.09. The van der Waals surface area contributed by atoms with Crippen LogP contribution in [0.4, 0.5) is 0 Å². The first-order chi connectivity index (χ1) is 11.9. The van der Waals surface area contributed by atoms with Crippen LogP contribution in [0, 0.1) is 5.92 Å². The molecule has 2 aliphatic heterocycles. The van der Waals surface area contributed by atoms with E-state index in [0.29, 0.717) is 11.6 Å². The van der Waals surface area contributed by atoms with Gasteiger partial charge in [-0.15, -0.1) is 0 Å². The van der Waals surface area contributed by atoms with E-state index >= 15 is 0 Å². The standard InChI is InChI=1S/C17H19ClN2O5/c1-19-14(21)8-12(15(19)10-3-2-4-11(18)7-10)16(22)20-5-6-25-13(9-20)17(23)24/h2-4,7,12-13,15H,5-6,8-9H2,1H3,(H,23,24)/t12-,13-,15+/m0/s1. The molecule has 8 heteroatoms. The molecule has 2 saturated heterocycles. The fourth-order valence-electron chi connectivity index (χ4n) is 3.47. The summed E-state index contributed by atoms with van der Waals surface area (Å²) in [6.07, 6.45) is -0.932. The lowest BCUT2D eigenvalue weighted by molar-refractivity contribution is -0.160. The number of carboxylic acid groups (broad SMARTS) is 1. The zero-order chi connectivity index (χ0) is 18.1. The van der Waals surface area contributed by atoms with Gasteiger partial charge in [0.25, 0.3) is 0 Å². The molecule has 2 aliphatic rings. The van der Waals surface area contributed by atoms with Crippen LogP contribution in [0.1, 0.15) is 18.0 Å². The number of amides is 2. The van der Waals surface area contributed by atoms with Gasteiger partial charge in [-0.3, -0.25) is 9.59 Å². The summed E-state index contributed by atoms with van der Waals surface area (Å²) in [5.74, 6) is -2.00. The number of nitrogens with zero attached hydrogens (tertiary/aromatic N) is 2. The monoisotopic (exact) mass is 366 g/mol. The van der Waals surface area contributed by atoms with Crippen molar-refractivity contribution in [1.29, 1.82) is 0 Å². The van der Waals surface area contributed by atoms with E-state index in [9.17, 15) is 14.4 Å². The molecule has 0 radical (unpaired) electrons. The number of rotatable bonds is 3. The van der Waals surface area contributed by atoms with Crippen LogP contribution in [0.15, 0.2) is 24.3 Å². The van der Waals surface area contributed by atoms with Crippen LogP contribution in [-0.2, 0) is 19.1 Å². The highest BCUT2D eigenvalue weighted by Gasteiger charge is 2.45. The number of benzene rings is 1. The summed E-state index contributed by atoms with van der Waals surface area (Å²) in [5, 5.41) is 9.64. The molecule has 0 aromatic heterocycles. The Morgan fingerprint density at radius 1 is 1.36 bits per heavy atom. The van der Waals surface area contributed by atoms with E-state index < -0.39 is 24.0 Å². The Kier molecular flexibility index (Phi) is 4.96. The van der Waals surface area contributed by atoms with Crippen molar-refractivity contribution in [3.63, 3.8) is 0 Å². The Morgan fingerprint density at radius 2 is 2.12 bits per heavy atom. The molecule has 25 heavy (non-hydrogen) atoms. The van der Waals surface area contributed by atoms with E-state index in [1.54, 1.807) is 30.1 Å². The van der Waals surface area contributed by atoms with E-state index in [1.165, 1.54) is 4.90 Å². The smallest absolute Gasteiger partial charge is 0.334 e. The first-order valence-electron chi connectivity index (χ1n) is 8.03. The van der Waals surface area contributed by atoms with Crippen molar-refractivity contribution in [2.24, 2.45) is 5.92 Å². The van der Waals surface area contributed by atoms with Gasteiger partial charge in [-0.1, -0.05) is 23.7 Å². The number of aliphatic carboxylic acids is 1. The fraction of sp³-hybridized carbons (Fsp3) is 0.471. The average Bonchev–Trinajstić information content (AvgIpc) is 2.89. The molecule has 7 nitrogen and oxygen atoms in total. The van der Waals surface area contributed by atoms with Crippen molar-refractivity contribution in [3.05, 3.63) is 34.9 Å². The molecular formula is C17H19ClN2O5. The van der Waals surface area contributed by atoms with Crippen molar-refractivity contribution in [3.8, 4) is 0 Å². The lowest BCUT2D eigenvalue weighted by atomic mass is 9.92. The number of hydrogen-bond donors (Lipinski definition) is 1. The minimum Gasteiger partial charge on any atom is -0.479 e. The molecule has 0 bridgehead atoms. The molecule has 0 unspecified atom stereocenters. The molecule has 1 N–H and O–H groups in total. The second-order valence-electron chi connectivity index (χ2n) is 6.30. The van der Waals surface area contributed by atoms with Crippen LogP contribution in [0.25, 0.3) is 0 Å². The van der Waals surface area contributed by atoms with Crippen LogP contribution < -0.4 is 0 Å². The Balaban J connectivity index is 1.85. The summed E-state index contributed by atoms with van der Waals surface area (Å²) >= 11 is 6.06. The van der Waals surface area contributed by atoms with Crippen molar-refractivity contribution < 1.29 is 24.2 Å². The van der Waals surface area contributed by atoms with E-state index in [-0.39, 0.29) is 31.4 Å². The maximum atomic E-state index is 13.0. The maximum absolute atomic E-state index is 13.0. The lowest BCUT2D eigenvalue weighted by Crippen LogP contribution is -2.50. The van der Waals surface area contributed by atoms with Gasteiger partial charge in [0.2, 0.25) is 11.8 Å². The number of carbonyl (C=O) groups excluding carboxylic acids is 2. The normalized spacial score (nSPS) is 26.8. The largest absolute Gasteiger partial charge is 0.479 e. The summed E-state index contributed by atoms with van der Waals surface area (Å²) in [6, 6.07) is 6.69. The summed E-state index contributed by atoms with van der Waals surface area (Å²) in [4.78, 5) is 39.4. The Hall–Kier alpha value is -2.12. The number of hydrogen-bond acceptors (Lipinski definition) is 4. The third-order valence-corrected chi connectivity index (χ3v) is 4.98. The van der Waals surface area contributed by atoms with Gasteiger partial charge in [-0.25, -0.2) is 4.79 Å². The Labute approximate surface area is 150 Å². The first-order valence-corrected chi connectivity index (χ1v) is 8.40. The molecule has 0 spiro atoms. The molecule has 2 fully saturated rings. The third kappa shape index (κ3) is 3.48. The molecule has 2 heterocycles. The Bertz CT molecular complexity index is 710. The van der Waals surface area contributed by atoms with Crippen molar-refractivity contribution in [2.45, 2.75) is 18.6 Å². The number of likely N-dealkylation sites (tertiary alicyclic amines) is 1. The first kappa shape index (κ1) is 17.7.